The first-order chi connectivity index (χ1) is 13.0. The third-order valence-corrected chi connectivity index (χ3v) is 5.30. The van der Waals surface area contributed by atoms with Gasteiger partial charge in [-0.15, -0.1) is 0 Å². The zero-order chi connectivity index (χ0) is 20.0. The van der Waals surface area contributed by atoms with Gasteiger partial charge in [0.1, 0.15) is 0 Å². The van der Waals surface area contributed by atoms with Crippen molar-refractivity contribution in [2.75, 3.05) is 13.2 Å². The first kappa shape index (κ1) is 23.8. The van der Waals surface area contributed by atoms with Crippen molar-refractivity contribution in [3.8, 4) is 0 Å². The van der Waals surface area contributed by atoms with Crippen LogP contribution < -0.4 is 5.73 Å². The molecule has 0 aliphatic carbocycles. The molecule has 0 bridgehead atoms. The van der Waals surface area contributed by atoms with Crippen LogP contribution in [0, 0.1) is 0 Å². The van der Waals surface area contributed by atoms with E-state index >= 15 is 0 Å². The Labute approximate surface area is 165 Å². The van der Waals surface area contributed by atoms with Gasteiger partial charge in [-0.1, -0.05) is 76.1 Å². The zero-order valence-electron chi connectivity index (χ0n) is 17.1. The van der Waals surface area contributed by atoms with Gasteiger partial charge < -0.3 is 15.9 Å². The second-order valence-electron chi connectivity index (χ2n) is 7.88. The van der Waals surface area contributed by atoms with Gasteiger partial charge in [-0.25, -0.2) is 0 Å². The molecule has 0 spiro atoms. The Morgan fingerprint density at radius 3 is 2.11 bits per heavy atom. The van der Waals surface area contributed by atoms with Gasteiger partial charge in [-0.3, -0.25) is 4.79 Å². The van der Waals surface area contributed by atoms with Crippen LogP contribution >= 0.6 is 0 Å². The number of carbonyl (C=O) groups excluding carboxylic acids is 1. The molecule has 4 nitrogen and oxygen atoms in total. The number of Topliss-reactive ketones (excluding diaryl/α,β-unsaturated/α-hetero) is 1. The SMILES string of the molecule is CCCCCCc1ccc(C(=O)CCCCCCCC(N)(CO)CO)cc1. The van der Waals surface area contributed by atoms with Gasteiger partial charge in [0.25, 0.3) is 0 Å². The van der Waals surface area contributed by atoms with E-state index in [4.69, 9.17) is 15.9 Å². The number of unbranched alkanes of at least 4 members (excludes halogenated alkanes) is 7. The summed E-state index contributed by atoms with van der Waals surface area (Å²) in [4.78, 5) is 12.3. The summed E-state index contributed by atoms with van der Waals surface area (Å²) in [5, 5.41) is 18.3. The standard InChI is InChI=1S/C23H39NO3/c1-2-3-4-8-11-20-13-15-21(16-14-20)22(27)12-9-6-5-7-10-17-23(24,18-25)19-26/h13-16,25-26H,2-12,17-19,24H2,1H3. The largest absolute Gasteiger partial charge is 0.394 e. The van der Waals surface area contributed by atoms with Crippen LogP contribution in [0.15, 0.2) is 24.3 Å². The summed E-state index contributed by atoms with van der Waals surface area (Å²) in [7, 11) is 0. The maximum Gasteiger partial charge on any atom is 0.162 e. The fourth-order valence-electron chi connectivity index (χ4n) is 3.26. The Morgan fingerprint density at radius 1 is 0.889 bits per heavy atom. The molecule has 0 aromatic heterocycles. The minimum atomic E-state index is -0.849. The molecule has 27 heavy (non-hydrogen) atoms. The van der Waals surface area contributed by atoms with Crippen LogP contribution in [-0.4, -0.2) is 34.7 Å². The number of aryl methyl sites for hydroxylation is 1. The number of benzene rings is 1. The molecule has 0 amide bonds. The molecule has 0 saturated heterocycles. The Kier molecular flexibility index (Phi) is 12.2. The quantitative estimate of drug-likeness (QED) is 0.294. The molecular weight excluding hydrogens is 338 g/mol. The lowest BCUT2D eigenvalue weighted by Crippen LogP contribution is -2.47. The first-order valence-corrected chi connectivity index (χ1v) is 10.7. The maximum atomic E-state index is 12.3. The fourth-order valence-corrected chi connectivity index (χ4v) is 3.26. The molecule has 154 valence electrons. The summed E-state index contributed by atoms with van der Waals surface area (Å²) in [5.74, 6) is 0.231. The highest BCUT2D eigenvalue weighted by atomic mass is 16.3. The highest BCUT2D eigenvalue weighted by Gasteiger charge is 2.21. The number of ketones is 1. The molecule has 4 N–H and O–H groups in total. The molecule has 1 rings (SSSR count). The van der Waals surface area contributed by atoms with Crippen molar-refractivity contribution in [1.29, 1.82) is 0 Å². The smallest absolute Gasteiger partial charge is 0.162 e. The fraction of sp³-hybridized carbons (Fsp3) is 0.696. The molecule has 1 aromatic rings. The molecule has 0 fully saturated rings. The molecule has 0 aliphatic heterocycles. The van der Waals surface area contributed by atoms with Gasteiger partial charge in [-0.2, -0.15) is 0 Å². The van der Waals surface area contributed by atoms with E-state index in [9.17, 15) is 4.79 Å². The summed E-state index contributed by atoms with van der Waals surface area (Å²) < 4.78 is 0. The Bertz CT molecular complexity index is 509. The molecule has 0 heterocycles. The summed E-state index contributed by atoms with van der Waals surface area (Å²) in [5.41, 5.74) is 7.15. The summed E-state index contributed by atoms with van der Waals surface area (Å²) >= 11 is 0. The predicted octanol–water partition coefficient (Wildman–Crippen LogP) is 4.40. The number of nitrogens with two attached hydrogens (primary N) is 1. The van der Waals surface area contributed by atoms with E-state index in [1.54, 1.807) is 0 Å². The Morgan fingerprint density at radius 2 is 1.48 bits per heavy atom. The van der Waals surface area contributed by atoms with Crippen molar-refractivity contribution >= 4 is 5.78 Å². The van der Waals surface area contributed by atoms with Crippen LogP contribution in [0.2, 0.25) is 0 Å². The van der Waals surface area contributed by atoms with Gasteiger partial charge in [0, 0.05) is 12.0 Å². The van der Waals surface area contributed by atoms with Crippen molar-refractivity contribution in [3.63, 3.8) is 0 Å². The number of aliphatic hydroxyl groups is 2. The highest BCUT2D eigenvalue weighted by molar-refractivity contribution is 5.96. The van der Waals surface area contributed by atoms with Crippen molar-refractivity contribution in [2.45, 2.75) is 89.5 Å². The Balaban J connectivity index is 2.16. The second kappa shape index (κ2) is 13.9. The number of hydrogen-bond donors (Lipinski definition) is 3. The van der Waals surface area contributed by atoms with Gasteiger partial charge in [0.2, 0.25) is 0 Å². The minimum Gasteiger partial charge on any atom is -0.394 e. The van der Waals surface area contributed by atoms with E-state index in [0.717, 1.165) is 44.1 Å². The average Bonchev–Trinajstić information content (AvgIpc) is 2.70. The monoisotopic (exact) mass is 377 g/mol. The van der Waals surface area contributed by atoms with Crippen LogP contribution in [0.5, 0.6) is 0 Å². The van der Waals surface area contributed by atoms with Gasteiger partial charge >= 0.3 is 0 Å². The topological polar surface area (TPSA) is 83.6 Å². The van der Waals surface area contributed by atoms with Crippen LogP contribution in [0.1, 0.15) is 93.5 Å². The lowest BCUT2D eigenvalue weighted by atomic mass is 9.94. The second-order valence-corrected chi connectivity index (χ2v) is 7.88. The molecule has 0 radical (unpaired) electrons. The third-order valence-electron chi connectivity index (χ3n) is 5.30. The molecule has 1 aromatic carbocycles. The van der Waals surface area contributed by atoms with E-state index in [1.807, 2.05) is 12.1 Å². The van der Waals surface area contributed by atoms with Crippen LogP contribution in [0.4, 0.5) is 0 Å². The average molecular weight is 378 g/mol. The first-order valence-electron chi connectivity index (χ1n) is 10.7. The number of carbonyl (C=O) groups is 1. The maximum absolute atomic E-state index is 12.3. The predicted molar refractivity (Wildman–Crippen MR) is 112 cm³/mol. The number of hydrogen-bond acceptors (Lipinski definition) is 4. The minimum absolute atomic E-state index is 0.185. The van der Waals surface area contributed by atoms with Crippen molar-refractivity contribution < 1.29 is 15.0 Å². The van der Waals surface area contributed by atoms with Gasteiger partial charge in [0.05, 0.1) is 18.8 Å². The van der Waals surface area contributed by atoms with E-state index in [-0.39, 0.29) is 19.0 Å². The Hall–Kier alpha value is -1.23. The zero-order valence-corrected chi connectivity index (χ0v) is 17.1. The van der Waals surface area contributed by atoms with Crippen molar-refractivity contribution in [3.05, 3.63) is 35.4 Å². The number of aliphatic hydroxyl groups excluding tert-OH is 2. The molecule has 0 saturated carbocycles. The molecule has 4 heteroatoms. The lowest BCUT2D eigenvalue weighted by Gasteiger charge is -2.24. The summed E-state index contributed by atoms with van der Waals surface area (Å²) in [6.07, 6.45) is 12.3. The van der Waals surface area contributed by atoms with Gasteiger partial charge in [-0.05, 0) is 31.2 Å². The molecule has 0 aliphatic rings. The third kappa shape index (κ3) is 10.0. The van der Waals surface area contributed by atoms with E-state index in [0.29, 0.717) is 12.8 Å². The van der Waals surface area contributed by atoms with Crippen LogP contribution in [0.3, 0.4) is 0 Å². The lowest BCUT2D eigenvalue weighted by molar-refractivity contribution is 0.0978. The summed E-state index contributed by atoms with van der Waals surface area (Å²) in [6, 6.07) is 8.14. The van der Waals surface area contributed by atoms with Crippen LogP contribution in [-0.2, 0) is 6.42 Å². The van der Waals surface area contributed by atoms with Gasteiger partial charge in [0.15, 0.2) is 5.78 Å². The molecular formula is C23H39NO3. The van der Waals surface area contributed by atoms with Crippen molar-refractivity contribution in [1.82, 2.24) is 0 Å². The van der Waals surface area contributed by atoms with E-state index in [1.165, 1.54) is 31.2 Å². The molecule has 0 unspecified atom stereocenters. The molecule has 0 atom stereocenters. The van der Waals surface area contributed by atoms with Crippen molar-refractivity contribution in [2.24, 2.45) is 5.73 Å². The van der Waals surface area contributed by atoms with E-state index < -0.39 is 5.54 Å². The highest BCUT2D eigenvalue weighted by Crippen LogP contribution is 2.15. The number of rotatable bonds is 16. The van der Waals surface area contributed by atoms with Crippen LogP contribution in [0.25, 0.3) is 0 Å². The normalized spacial score (nSPS) is 11.7. The summed E-state index contributed by atoms with van der Waals surface area (Å²) in [6.45, 7) is 1.85. The van der Waals surface area contributed by atoms with E-state index in [2.05, 4.69) is 19.1 Å².